The summed E-state index contributed by atoms with van der Waals surface area (Å²) in [6, 6.07) is 6.47. The molecule has 1 fully saturated rings. The Kier molecular flexibility index (Phi) is 4.66. The van der Waals surface area contributed by atoms with Gasteiger partial charge in [0.15, 0.2) is 5.75 Å². The summed E-state index contributed by atoms with van der Waals surface area (Å²) in [5.74, 6) is -0.404. The molecule has 1 atom stereocenters. The molecule has 1 saturated heterocycles. The van der Waals surface area contributed by atoms with Crippen LogP contribution >= 0.6 is 0 Å². The zero-order valence-electron chi connectivity index (χ0n) is 12.1. The summed E-state index contributed by atoms with van der Waals surface area (Å²) in [4.78, 5) is 4.11. The maximum atomic E-state index is 12.2. The van der Waals surface area contributed by atoms with Crippen LogP contribution in [0.25, 0.3) is 0 Å². The maximum absolute atomic E-state index is 12.2. The number of ether oxygens (including phenoxy) is 1. The van der Waals surface area contributed by atoms with Crippen molar-refractivity contribution in [2.24, 2.45) is 0 Å². The van der Waals surface area contributed by atoms with E-state index in [1.165, 1.54) is 12.1 Å². The zero-order chi connectivity index (χ0) is 16.3. The molecule has 0 amide bonds. The van der Waals surface area contributed by atoms with Gasteiger partial charge in [-0.05, 0) is 25.2 Å². The predicted molar refractivity (Wildman–Crippen MR) is 76.4 cm³/mol. The Morgan fingerprint density at radius 1 is 1.41 bits per heavy atom. The van der Waals surface area contributed by atoms with E-state index in [0.717, 1.165) is 18.8 Å². The lowest BCUT2D eigenvalue weighted by atomic mass is 10.1. The molecule has 5 nitrogen and oxygen atoms in total. The van der Waals surface area contributed by atoms with E-state index in [1.807, 2.05) is 11.9 Å². The highest BCUT2D eigenvalue weighted by Crippen LogP contribution is 2.32. The van der Waals surface area contributed by atoms with Crippen molar-refractivity contribution in [3.8, 4) is 11.8 Å². The van der Waals surface area contributed by atoms with Gasteiger partial charge in [0.2, 0.25) is 0 Å². The molecule has 0 aliphatic carbocycles. The van der Waals surface area contributed by atoms with Crippen molar-refractivity contribution in [2.75, 3.05) is 37.3 Å². The number of halogens is 3. The van der Waals surface area contributed by atoms with E-state index in [4.69, 9.17) is 11.0 Å². The van der Waals surface area contributed by atoms with E-state index >= 15 is 0 Å². The van der Waals surface area contributed by atoms with Gasteiger partial charge in [0.1, 0.15) is 0 Å². The lowest BCUT2D eigenvalue weighted by molar-refractivity contribution is -0.274. The number of nitriles is 1. The SMILES string of the molecule is CN1CCN(c2ccc(OC(F)(F)F)c(N)c2)CC1CC#N. The van der Waals surface area contributed by atoms with E-state index < -0.39 is 12.1 Å². The molecule has 1 heterocycles. The fourth-order valence-corrected chi connectivity index (χ4v) is 2.46. The number of anilines is 2. The number of nitrogens with zero attached hydrogens (tertiary/aromatic N) is 3. The van der Waals surface area contributed by atoms with Crippen molar-refractivity contribution in [1.82, 2.24) is 4.90 Å². The second kappa shape index (κ2) is 6.32. The van der Waals surface area contributed by atoms with Crippen LogP contribution in [-0.4, -0.2) is 44.0 Å². The largest absolute Gasteiger partial charge is 0.573 e. The van der Waals surface area contributed by atoms with Crippen molar-refractivity contribution >= 4 is 11.4 Å². The molecule has 2 N–H and O–H groups in total. The molecule has 1 aromatic rings. The molecule has 1 aliphatic heterocycles. The maximum Gasteiger partial charge on any atom is 0.573 e. The van der Waals surface area contributed by atoms with E-state index in [0.29, 0.717) is 13.0 Å². The molecule has 1 unspecified atom stereocenters. The van der Waals surface area contributed by atoms with E-state index in [2.05, 4.69) is 15.7 Å². The standard InChI is InChI=1S/C14H17F3N4O/c1-20-6-7-21(9-11(20)4-5-18)10-2-3-13(12(19)8-10)22-14(15,16)17/h2-3,8,11H,4,6-7,9,19H2,1H3. The predicted octanol–water partition coefficient (Wildman–Crippen LogP) is 2.20. The quantitative estimate of drug-likeness (QED) is 0.867. The van der Waals surface area contributed by atoms with Crippen LogP contribution in [0, 0.1) is 11.3 Å². The number of rotatable bonds is 3. The number of piperazine rings is 1. The monoisotopic (exact) mass is 314 g/mol. The molecular formula is C14H17F3N4O. The van der Waals surface area contributed by atoms with Crippen molar-refractivity contribution < 1.29 is 17.9 Å². The number of hydrogen-bond acceptors (Lipinski definition) is 5. The number of likely N-dealkylation sites (N-methyl/N-ethyl adjacent to an activating group) is 1. The van der Waals surface area contributed by atoms with Gasteiger partial charge in [0, 0.05) is 31.4 Å². The molecule has 0 radical (unpaired) electrons. The van der Waals surface area contributed by atoms with Crippen molar-refractivity contribution in [3.63, 3.8) is 0 Å². The van der Waals surface area contributed by atoms with Gasteiger partial charge in [-0.15, -0.1) is 13.2 Å². The average molecular weight is 314 g/mol. The van der Waals surface area contributed by atoms with Gasteiger partial charge in [0.25, 0.3) is 0 Å². The molecule has 0 saturated carbocycles. The van der Waals surface area contributed by atoms with Crippen molar-refractivity contribution in [1.29, 1.82) is 5.26 Å². The topological polar surface area (TPSA) is 65.5 Å². The Hall–Kier alpha value is -2.14. The Bertz CT molecular complexity index is 570. The first-order chi connectivity index (χ1) is 10.3. The molecule has 22 heavy (non-hydrogen) atoms. The van der Waals surface area contributed by atoms with Crippen molar-refractivity contribution in [3.05, 3.63) is 18.2 Å². The van der Waals surface area contributed by atoms with Gasteiger partial charge < -0.3 is 15.4 Å². The van der Waals surface area contributed by atoms with Gasteiger partial charge in [-0.1, -0.05) is 0 Å². The molecule has 120 valence electrons. The van der Waals surface area contributed by atoms with Gasteiger partial charge in [-0.2, -0.15) is 5.26 Å². The molecule has 0 aromatic heterocycles. The molecule has 8 heteroatoms. The fourth-order valence-electron chi connectivity index (χ4n) is 2.46. The molecular weight excluding hydrogens is 297 g/mol. The third-order valence-corrected chi connectivity index (χ3v) is 3.69. The number of hydrogen-bond donors (Lipinski definition) is 1. The van der Waals surface area contributed by atoms with Crippen LogP contribution < -0.4 is 15.4 Å². The summed E-state index contributed by atoms with van der Waals surface area (Å²) in [6.07, 6.45) is -4.36. The minimum absolute atomic E-state index is 0.0643. The van der Waals surface area contributed by atoms with Crippen LogP contribution in [0.3, 0.4) is 0 Å². The van der Waals surface area contributed by atoms with Crippen LogP contribution in [0.1, 0.15) is 6.42 Å². The third-order valence-electron chi connectivity index (χ3n) is 3.69. The second-order valence-electron chi connectivity index (χ2n) is 5.21. The Morgan fingerprint density at radius 3 is 2.73 bits per heavy atom. The number of nitrogens with two attached hydrogens (primary N) is 1. The lowest BCUT2D eigenvalue weighted by Crippen LogP contribution is -2.51. The molecule has 1 aromatic carbocycles. The fraction of sp³-hybridized carbons (Fsp3) is 0.500. The Balaban J connectivity index is 2.13. The normalized spacial score (nSPS) is 19.8. The Labute approximate surface area is 126 Å². The minimum Gasteiger partial charge on any atom is -0.404 e. The number of nitrogen functional groups attached to an aromatic ring is 1. The third kappa shape index (κ3) is 3.95. The van der Waals surface area contributed by atoms with Crippen LogP contribution in [0.2, 0.25) is 0 Å². The van der Waals surface area contributed by atoms with E-state index in [-0.39, 0.29) is 11.7 Å². The first-order valence-corrected chi connectivity index (χ1v) is 6.77. The summed E-state index contributed by atoms with van der Waals surface area (Å²) in [5, 5.41) is 8.84. The van der Waals surface area contributed by atoms with E-state index in [1.54, 1.807) is 6.07 Å². The lowest BCUT2D eigenvalue weighted by Gasteiger charge is -2.39. The summed E-state index contributed by atoms with van der Waals surface area (Å²) in [6.45, 7) is 2.12. The number of benzene rings is 1. The zero-order valence-corrected chi connectivity index (χ0v) is 12.1. The second-order valence-corrected chi connectivity index (χ2v) is 5.21. The van der Waals surface area contributed by atoms with Gasteiger partial charge in [-0.25, -0.2) is 0 Å². The van der Waals surface area contributed by atoms with Gasteiger partial charge in [0.05, 0.1) is 18.2 Å². The van der Waals surface area contributed by atoms with Crippen molar-refractivity contribution in [2.45, 2.75) is 18.8 Å². The minimum atomic E-state index is -4.76. The number of alkyl halides is 3. The molecule has 1 aliphatic rings. The Morgan fingerprint density at radius 2 is 2.14 bits per heavy atom. The highest BCUT2D eigenvalue weighted by atomic mass is 19.4. The smallest absolute Gasteiger partial charge is 0.404 e. The first-order valence-electron chi connectivity index (χ1n) is 6.77. The molecule has 0 spiro atoms. The van der Waals surface area contributed by atoms with Gasteiger partial charge >= 0.3 is 6.36 Å². The highest BCUT2D eigenvalue weighted by Gasteiger charge is 2.32. The summed E-state index contributed by atoms with van der Waals surface area (Å²) in [7, 11) is 1.95. The van der Waals surface area contributed by atoms with E-state index in [9.17, 15) is 13.2 Å². The van der Waals surface area contributed by atoms with Crippen LogP contribution in [-0.2, 0) is 0 Å². The summed E-state index contributed by atoms with van der Waals surface area (Å²) in [5.41, 5.74) is 6.30. The summed E-state index contributed by atoms with van der Waals surface area (Å²) < 4.78 is 40.6. The van der Waals surface area contributed by atoms with Gasteiger partial charge in [-0.3, -0.25) is 4.90 Å². The van der Waals surface area contributed by atoms with Crippen LogP contribution in [0.15, 0.2) is 18.2 Å². The highest BCUT2D eigenvalue weighted by molar-refractivity contribution is 5.63. The first kappa shape index (κ1) is 16.2. The summed E-state index contributed by atoms with van der Waals surface area (Å²) >= 11 is 0. The molecule has 0 bridgehead atoms. The van der Waals surface area contributed by atoms with Crippen LogP contribution in [0.5, 0.6) is 5.75 Å². The average Bonchev–Trinajstić information content (AvgIpc) is 2.42. The van der Waals surface area contributed by atoms with Crippen LogP contribution in [0.4, 0.5) is 24.5 Å². The molecule has 2 rings (SSSR count).